The van der Waals surface area contributed by atoms with E-state index in [1.54, 1.807) is 0 Å². The van der Waals surface area contributed by atoms with Crippen LogP contribution in [0.4, 0.5) is 0 Å². The number of benzene rings is 1. The summed E-state index contributed by atoms with van der Waals surface area (Å²) in [4.78, 5) is 36.2. The number of hydrogen-bond acceptors (Lipinski definition) is 5. The van der Waals surface area contributed by atoms with Crippen LogP contribution in [-0.2, 0) is 27.2 Å². The topological polar surface area (TPSA) is 76.4 Å². The number of fused-ring (bicyclic) bond motifs is 2. The van der Waals surface area contributed by atoms with Crippen LogP contribution in [0.25, 0.3) is 5.65 Å². The SMILES string of the molecule is CCCCN1CCOc2ccccc2CCCCC2(CN(C(=O)Cc3c(C)nc4ccccn34)CCO2)C1=O. The van der Waals surface area contributed by atoms with Crippen molar-refractivity contribution in [3.63, 3.8) is 0 Å². The number of morpholine rings is 1. The molecule has 1 fully saturated rings. The fourth-order valence-electron chi connectivity index (χ4n) is 5.81. The first-order valence-electron chi connectivity index (χ1n) is 14.3. The van der Waals surface area contributed by atoms with Crippen molar-refractivity contribution in [2.24, 2.45) is 0 Å². The number of rotatable bonds is 5. The number of amides is 2. The molecule has 0 N–H and O–H groups in total. The highest BCUT2D eigenvalue weighted by atomic mass is 16.5. The zero-order chi connectivity index (χ0) is 27.2. The Bertz CT molecular complexity index is 1300. The summed E-state index contributed by atoms with van der Waals surface area (Å²) in [5.41, 5.74) is 2.74. The molecule has 2 aromatic heterocycles. The molecule has 2 aliphatic heterocycles. The summed E-state index contributed by atoms with van der Waals surface area (Å²) in [6.07, 6.45) is 7.32. The lowest BCUT2D eigenvalue weighted by molar-refractivity contribution is -0.176. The van der Waals surface area contributed by atoms with E-state index in [0.29, 0.717) is 39.3 Å². The molecule has 8 heteroatoms. The number of nitrogens with zero attached hydrogens (tertiary/aromatic N) is 4. The maximum Gasteiger partial charge on any atom is 0.256 e. The van der Waals surface area contributed by atoms with Crippen molar-refractivity contribution >= 4 is 17.5 Å². The molecule has 1 atom stereocenters. The van der Waals surface area contributed by atoms with Gasteiger partial charge in [0.15, 0.2) is 5.60 Å². The molecule has 8 nitrogen and oxygen atoms in total. The first kappa shape index (κ1) is 27.2. The molecule has 0 radical (unpaired) electrons. The van der Waals surface area contributed by atoms with Crippen molar-refractivity contribution in [2.75, 3.05) is 39.4 Å². The fraction of sp³-hybridized carbons (Fsp3) is 0.516. The third kappa shape index (κ3) is 5.96. The second-order valence-electron chi connectivity index (χ2n) is 10.7. The molecule has 2 aliphatic rings. The Hall–Kier alpha value is -3.39. The van der Waals surface area contributed by atoms with Gasteiger partial charge in [-0.2, -0.15) is 0 Å². The molecule has 3 aromatic rings. The maximum atomic E-state index is 14.2. The van der Waals surface area contributed by atoms with E-state index < -0.39 is 5.60 Å². The lowest BCUT2D eigenvalue weighted by atomic mass is 9.90. The predicted molar refractivity (Wildman–Crippen MR) is 150 cm³/mol. The quantitative estimate of drug-likeness (QED) is 0.492. The average molecular weight is 533 g/mol. The number of pyridine rings is 1. The van der Waals surface area contributed by atoms with Gasteiger partial charge in [0.05, 0.1) is 37.5 Å². The Morgan fingerprint density at radius 2 is 1.92 bits per heavy atom. The third-order valence-electron chi connectivity index (χ3n) is 8.01. The van der Waals surface area contributed by atoms with E-state index in [4.69, 9.17) is 9.47 Å². The van der Waals surface area contributed by atoms with Gasteiger partial charge in [0, 0.05) is 19.3 Å². The number of aromatic nitrogens is 2. The Morgan fingerprint density at radius 1 is 1.08 bits per heavy atom. The van der Waals surface area contributed by atoms with Crippen LogP contribution in [0.3, 0.4) is 0 Å². The highest BCUT2D eigenvalue weighted by Crippen LogP contribution is 2.30. The third-order valence-corrected chi connectivity index (χ3v) is 8.01. The van der Waals surface area contributed by atoms with Gasteiger partial charge in [-0.1, -0.05) is 37.6 Å². The van der Waals surface area contributed by atoms with Crippen molar-refractivity contribution in [2.45, 2.75) is 64.4 Å². The minimum atomic E-state index is -1.03. The molecule has 39 heavy (non-hydrogen) atoms. The zero-order valence-corrected chi connectivity index (χ0v) is 23.2. The highest BCUT2D eigenvalue weighted by Gasteiger charge is 2.46. The molecule has 1 saturated heterocycles. The minimum Gasteiger partial charge on any atom is -0.491 e. The maximum absolute atomic E-state index is 14.2. The number of hydrogen-bond donors (Lipinski definition) is 0. The molecule has 0 aliphatic carbocycles. The Morgan fingerprint density at radius 3 is 2.79 bits per heavy atom. The average Bonchev–Trinajstić information content (AvgIpc) is 3.27. The summed E-state index contributed by atoms with van der Waals surface area (Å²) in [7, 11) is 0. The van der Waals surface area contributed by atoms with Crippen molar-refractivity contribution in [1.29, 1.82) is 0 Å². The van der Waals surface area contributed by atoms with Gasteiger partial charge in [0.1, 0.15) is 18.0 Å². The Balaban J connectivity index is 1.37. The molecule has 1 unspecified atom stereocenters. The molecular formula is C31H40N4O4. The van der Waals surface area contributed by atoms with E-state index in [-0.39, 0.29) is 24.8 Å². The standard InChI is InChI=1S/C31H40N4O4/c1-3-4-16-33-18-20-38-27-13-6-5-11-25(27)12-7-9-15-31(30(33)37)23-34(19-21-39-31)29(36)22-26-24(2)32-28-14-8-10-17-35(26)28/h5-6,8,10-11,13-14,17H,3-4,7,9,12,15-16,18-23H2,1-2H3. The molecule has 0 bridgehead atoms. The van der Waals surface area contributed by atoms with Gasteiger partial charge in [-0.3, -0.25) is 9.59 Å². The normalized spacial score (nSPS) is 20.8. The van der Waals surface area contributed by atoms with E-state index in [0.717, 1.165) is 54.9 Å². The van der Waals surface area contributed by atoms with Crippen LogP contribution in [0.1, 0.15) is 56.0 Å². The molecule has 0 saturated carbocycles. The van der Waals surface area contributed by atoms with E-state index in [1.807, 2.05) is 63.7 Å². The summed E-state index contributed by atoms with van der Waals surface area (Å²) in [5.74, 6) is 0.892. The van der Waals surface area contributed by atoms with Crippen molar-refractivity contribution in [1.82, 2.24) is 19.2 Å². The lowest BCUT2D eigenvalue weighted by Gasteiger charge is -2.44. The summed E-state index contributed by atoms with van der Waals surface area (Å²) < 4.78 is 14.5. The molecule has 208 valence electrons. The number of para-hydroxylation sites is 1. The van der Waals surface area contributed by atoms with Crippen LogP contribution in [0.5, 0.6) is 5.75 Å². The van der Waals surface area contributed by atoms with Gasteiger partial charge in [-0.25, -0.2) is 4.98 Å². The minimum absolute atomic E-state index is 0.00251. The van der Waals surface area contributed by atoms with Crippen LogP contribution >= 0.6 is 0 Å². The summed E-state index contributed by atoms with van der Waals surface area (Å²) in [5, 5.41) is 0. The number of ether oxygens (including phenoxy) is 2. The highest BCUT2D eigenvalue weighted by molar-refractivity contribution is 5.87. The predicted octanol–water partition coefficient (Wildman–Crippen LogP) is 4.22. The Kier molecular flexibility index (Phi) is 8.50. The second-order valence-corrected chi connectivity index (χ2v) is 10.7. The number of unbranched alkanes of at least 4 members (excludes halogenated alkanes) is 1. The zero-order valence-electron chi connectivity index (χ0n) is 23.2. The van der Waals surface area contributed by atoms with E-state index in [1.165, 1.54) is 5.56 Å². The lowest BCUT2D eigenvalue weighted by Crippen LogP contribution is -2.62. The first-order valence-corrected chi connectivity index (χ1v) is 14.3. The number of carbonyl (C=O) groups excluding carboxylic acids is 2. The van der Waals surface area contributed by atoms with Crippen molar-refractivity contribution in [3.8, 4) is 5.75 Å². The summed E-state index contributed by atoms with van der Waals surface area (Å²) in [6, 6.07) is 14.0. The van der Waals surface area contributed by atoms with Gasteiger partial charge in [-0.15, -0.1) is 0 Å². The monoisotopic (exact) mass is 532 g/mol. The molecule has 2 amide bonds. The van der Waals surface area contributed by atoms with Gasteiger partial charge >= 0.3 is 0 Å². The molecule has 1 spiro atoms. The van der Waals surface area contributed by atoms with Gasteiger partial charge in [0.2, 0.25) is 5.91 Å². The van der Waals surface area contributed by atoms with Crippen LogP contribution in [0.2, 0.25) is 0 Å². The van der Waals surface area contributed by atoms with Crippen LogP contribution in [0, 0.1) is 6.92 Å². The second kappa shape index (κ2) is 12.2. The fourth-order valence-corrected chi connectivity index (χ4v) is 5.81. The number of carbonyl (C=O) groups is 2. The molecular weight excluding hydrogens is 492 g/mol. The van der Waals surface area contributed by atoms with E-state index >= 15 is 0 Å². The first-order chi connectivity index (χ1) is 19.0. The number of aryl methyl sites for hydroxylation is 2. The largest absolute Gasteiger partial charge is 0.491 e. The Labute approximate surface area is 230 Å². The molecule has 5 rings (SSSR count). The van der Waals surface area contributed by atoms with E-state index in [2.05, 4.69) is 18.0 Å². The summed E-state index contributed by atoms with van der Waals surface area (Å²) in [6.45, 7) is 6.76. The molecule has 1 aromatic carbocycles. The number of imidazole rings is 1. The van der Waals surface area contributed by atoms with Gasteiger partial charge in [-0.05, 0) is 62.8 Å². The van der Waals surface area contributed by atoms with Crippen LogP contribution in [-0.4, -0.2) is 76.0 Å². The van der Waals surface area contributed by atoms with Gasteiger partial charge in [0.25, 0.3) is 5.91 Å². The van der Waals surface area contributed by atoms with Crippen LogP contribution < -0.4 is 4.74 Å². The molecule has 4 heterocycles. The van der Waals surface area contributed by atoms with Gasteiger partial charge < -0.3 is 23.7 Å². The van der Waals surface area contributed by atoms with E-state index in [9.17, 15) is 9.59 Å². The summed E-state index contributed by atoms with van der Waals surface area (Å²) >= 11 is 0. The smallest absolute Gasteiger partial charge is 0.256 e. The van der Waals surface area contributed by atoms with Crippen molar-refractivity contribution < 1.29 is 19.1 Å². The van der Waals surface area contributed by atoms with Crippen LogP contribution in [0.15, 0.2) is 48.7 Å². The van der Waals surface area contributed by atoms with Crippen molar-refractivity contribution in [3.05, 3.63) is 65.6 Å².